The van der Waals surface area contributed by atoms with E-state index in [0.717, 1.165) is 19.4 Å². The molecule has 3 heterocycles. The molecule has 2 fully saturated rings. The van der Waals surface area contributed by atoms with E-state index in [4.69, 9.17) is 0 Å². The molecule has 0 spiro atoms. The van der Waals surface area contributed by atoms with Crippen molar-refractivity contribution in [3.8, 4) is 0 Å². The number of aromatic nitrogens is 3. The SMILES string of the molecule is O=C(CCN1CCCS1(=O)=O)N1CCC[C@@H](n2cncn2)C1. The number of likely N-dealkylation sites (tertiary alicyclic amines) is 1. The summed E-state index contributed by atoms with van der Waals surface area (Å²) in [5.74, 6) is 0.228. The number of carbonyl (C=O) groups excluding carboxylic acids is 1. The Kier molecular flexibility index (Phi) is 4.44. The van der Waals surface area contributed by atoms with Crippen molar-refractivity contribution in [3.63, 3.8) is 0 Å². The fraction of sp³-hybridized carbons (Fsp3) is 0.769. The van der Waals surface area contributed by atoms with Crippen LogP contribution in [0.1, 0.15) is 31.7 Å². The van der Waals surface area contributed by atoms with Gasteiger partial charge in [0.05, 0.1) is 11.8 Å². The van der Waals surface area contributed by atoms with Gasteiger partial charge in [0.2, 0.25) is 15.9 Å². The van der Waals surface area contributed by atoms with Crippen LogP contribution < -0.4 is 0 Å². The lowest BCUT2D eigenvalue weighted by Crippen LogP contribution is -2.42. The number of hydrogen-bond acceptors (Lipinski definition) is 5. The minimum absolute atomic E-state index is 0.0203. The molecule has 0 aromatic carbocycles. The Labute approximate surface area is 130 Å². The van der Waals surface area contributed by atoms with Gasteiger partial charge < -0.3 is 4.90 Å². The normalized spacial score (nSPS) is 25.5. The Balaban J connectivity index is 1.54. The molecule has 0 aliphatic carbocycles. The summed E-state index contributed by atoms with van der Waals surface area (Å²) in [5.41, 5.74) is 0. The van der Waals surface area contributed by atoms with Gasteiger partial charge in [-0.15, -0.1) is 0 Å². The topological polar surface area (TPSA) is 88.4 Å². The van der Waals surface area contributed by atoms with Crippen molar-refractivity contribution in [2.24, 2.45) is 0 Å². The number of rotatable bonds is 4. The van der Waals surface area contributed by atoms with Crippen LogP contribution in [0.5, 0.6) is 0 Å². The molecule has 0 saturated carbocycles. The minimum atomic E-state index is -3.12. The molecule has 2 saturated heterocycles. The van der Waals surface area contributed by atoms with Crippen molar-refractivity contribution in [1.29, 1.82) is 0 Å². The van der Waals surface area contributed by atoms with E-state index < -0.39 is 10.0 Å². The van der Waals surface area contributed by atoms with Gasteiger partial charge in [0.15, 0.2) is 0 Å². The molecule has 3 rings (SSSR count). The van der Waals surface area contributed by atoms with E-state index in [0.29, 0.717) is 26.1 Å². The van der Waals surface area contributed by atoms with Crippen LogP contribution in [-0.2, 0) is 14.8 Å². The fourth-order valence-electron chi connectivity index (χ4n) is 3.12. The molecule has 1 aromatic rings. The summed E-state index contributed by atoms with van der Waals surface area (Å²) in [6.45, 7) is 2.19. The van der Waals surface area contributed by atoms with E-state index in [9.17, 15) is 13.2 Å². The first kappa shape index (κ1) is 15.4. The molecule has 9 heteroatoms. The summed E-state index contributed by atoms with van der Waals surface area (Å²) in [5, 5.41) is 4.14. The highest BCUT2D eigenvalue weighted by Crippen LogP contribution is 2.21. The number of carbonyl (C=O) groups is 1. The Bertz CT molecular complexity index is 616. The molecule has 8 nitrogen and oxygen atoms in total. The van der Waals surface area contributed by atoms with E-state index in [1.165, 1.54) is 10.6 Å². The first-order chi connectivity index (χ1) is 10.6. The van der Waals surface area contributed by atoms with Gasteiger partial charge in [-0.1, -0.05) is 0 Å². The zero-order valence-corrected chi connectivity index (χ0v) is 13.3. The van der Waals surface area contributed by atoms with Gasteiger partial charge in [-0.25, -0.2) is 22.4 Å². The largest absolute Gasteiger partial charge is 0.341 e. The average Bonchev–Trinajstić information content (AvgIpc) is 3.14. The lowest BCUT2D eigenvalue weighted by atomic mass is 10.1. The van der Waals surface area contributed by atoms with Crippen LogP contribution in [0.15, 0.2) is 12.7 Å². The maximum atomic E-state index is 12.3. The van der Waals surface area contributed by atoms with Gasteiger partial charge in [0.1, 0.15) is 12.7 Å². The van der Waals surface area contributed by atoms with Crippen molar-refractivity contribution >= 4 is 15.9 Å². The molecule has 2 aliphatic heterocycles. The third-order valence-corrected chi connectivity index (χ3v) is 6.29. The zero-order valence-electron chi connectivity index (χ0n) is 12.5. The van der Waals surface area contributed by atoms with Crippen LogP contribution in [0.3, 0.4) is 0 Å². The first-order valence-electron chi connectivity index (χ1n) is 7.66. The maximum absolute atomic E-state index is 12.3. The molecule has 1 amide bonds. The molecule has 22 heavy (non-hydrogen) atoms. The van der Waals surface area contributed by atoms with Crippen LogP contribution in [0, 0.1) is 0 Å². The molecule has 0 unspecified atom stereocenters. The van der Waals surface area contributed by atoms with Gasteiger partial charge >= 0.3 is 0 Å². The summed E-state index contributed by atoms with van der Waals surface area (Å²) >= 11 is 0. The van der Waals surface area contributed by atoms with E-state index in [1.54, 1.807) is 11.0 Å². The van der Waals surface area contributed by atoms with Gasteiger partial charge in [-0.2, -0.15) is 5.10 Å². The van der Waals surface area contributed by atoms with E-state index in [-0.39, 0.29) is 24.1 Å². The smallest absolute Gasteiger partial charge is 0.223 e. The van der Waals surface area contributed by atoms with Crippen LogP contribution in [0.4, 0.5) is 0 Å². The summed E-state index contributed by atoms with van der Waals surface area (Å²) in [6.07, 6.45) is 6.00. The number of nitrogens with zero attached hydrogens (tertiary/aromatic N) is 5. The van der Waals surface area contributed by atoms with E-state index in [1.807, 2.05) is 4.90 Å². The lowest BCUT2D eigenvalue weighted by molar-refractivity contribution is -0.133. The van der Waals surface area contributed by atoms with Crippen molar-refractivity contribution in [2.75, 3.05) is 31.9 Å². The Morgan fingerprint density at radius 2 is 2.14 bits per heavy atom. The molecule has 2 aliphatic rings. The van der Waals surface area contributed by atoms with Crippen molar-refractivity contribution < 1.29 is 13.2 Å². The quantitative estimate of drug-likeness (QED) is 0.768. The Morgan fingerprint density at radius 3 is 2.82 bits per heavy atom. The Morgan fingerprint density at radius 1 is 1.27 bits per heavy atom. The van der Waals surface area contributed by atoms with Gasteiger partial charge in [0.25, 0.3) is 0 Å². The fourth-order valence-corrected chi connectivity index (χ4v) is 4.65. The Hall–Kier alpha value is -1.48. The van der Waals surface area contributed by atoms with Crippen LogP contribution in [-0.4, -0.2) is 70.2 Å². The maximum Gasteiger partial charge on any atom is 0.223 e. The van der Waals surface area contributed by atoms with Gasteiger partial charge in [0, 0.05) is 32.6 Å². The van der Waals surface area contributed by atoms with Gasteiger partial charge in [-0.3, -0.25) is 4.79 Å². The predicted octanol–water partition coefficient (Wildman–Crippen LogP) is -0.133. The third kappa shape index (κ3) is 3.30. The number of sulfonamides is 1. The van der Waals surface area contributed by atoms with Crippen LogP contribution in [0.2, 0.25) is 0 Å². The molecular weight excluding hydrogens is 306 g/mol. The lowest BCUT2D eigenvalue weighted by Gasteiger charge is -2.33. The zero-order chi connectivity index (χ0) is 15.6. The van der Waals surface area contributed by atoms with Crippen molar-refractivity contribution in [2.45, 2.75) is 31.7 Å². The van der Waals surface area contributed by atoms with E-state index >= 15 is 0 Å². The minimum Gasteiger partial charge on any atom is -0.341 e. The highest BCUT2D eigenvalue weighted by Gasteiger charge is 2.30. The van der Waals surface area contributed by atoms with Crippen LogP contribution >= 0.6 is 0 Å². The highest BCUT2D eigenvalue weighted by molar-refractivity contribution is 7.89. The van der Waals surface area contributed by atoms with Crippen molar-refractivity contribution in [3.05, 3.63) is 12.7 Å². The summed E-state index contributed by atoms with van der Waals surface area (Å²) < 4.78 is 26.7. The van der Waals surface area contributed by atoms with E-state index in [2.05, 4.69) is 10.1 Å². The molecule has 0 N–H and O–H groups in total. The molecule has 1 aromatic heterocycles. The molecule has 0 bridgehead atoms. The number of amides is 1. The standard InChI is InChI=1S/C13H21N5O3S/c19-13(4-7-17-6-2-8-22(17,20)21)16-5-1-3-12(9-16)18-11-14-10-15-18/h10-12H,1-9H2/t12-/m1/s1. The average molecular weight is 327 g/mol. The molecule has 122 valence electrons. The summed E-state index contributed by atoms with van der Waals surface area (Å²) in [7, 11) is -3.12. The molecular formula is C13H21N5O3S. The second-order valence-corrected chi connectivity index (χ2v) is 7.92. The highest BCUT2D eigenvalue weighted by atomic mass is 32.2. The monoisotopic (exact) mass is 327 g/mol. The number of hydrogen-bond donors (Lipinski definition) is 0. The van der Waals surface area contributed by atoms with Crippen LogP contribution in [0.25, 0.3) is 0 Å². The van der Waals surface area contributed by atoms with Crippen molar-refractivity contribution in [1.82, 2.24) is 24.0 Å². The van der Waals surface area contributed by atoms with Gasteiger partial charge in [-0.05, 0) is 19.3 Å². The number of piperidine rings is 1. The predicted molar refractivity (Wildman–Crippen MR) is 79.5 cm³/mol. The molecule has 0 radical (unpaired) electrons. The summed E-state index contributed by atoms with van der Waals surface area (Å²) in [6, 6.07) is 0.163. The second-order valence-electron chi connectivity index (χ2n) is 5.83. The first-order valence-corrected chi connectivity index (χ1v) is 9.27. The second kappa shape index (κ2) is 6.33. The molecule has 1 atom stereocenters. The third-order valence-electron chi connectivity index (χ3n) is 4.34. The summed E-state index contributed by atoms with van der Waals surface area (Å²) in [4.78, 5) is 18.1.